The van der Waals surface area contributed by atoms with E-state index in [1.165, 1.54) is 46.4 Å². The monoisotopic (exact) mass is 433 g/mol. The van der Waals surface area contributed by atoms with Crippen LogP contribution in [0.15, 0.2) is 48.9 Å². The van der Waals surface area contributed by atoms with Gasteiger partial charge in [0.05, 0.1) is 18.4 Å². The molecule has 0 aliphatic carbocycles. The number of likely N-dealkylation sites (N-methyl/N-ethyl adjacent to an activating group) is 1. The summed E-state index contributed by atoms with van der Waals surface area (Å²) in [7, 11) is 0. The molecule has 1 aromatic carbocycles. The molecule has 0 N–H and O–H groups in total. The van der Waals surface area contributed by atoms with Crippen LogP contribution < -0.4 is 4.74 Å². The Labute approximate surface area is 177 Å². The van der Waals surface area contributed by atoms with Crippen LogP contribution in [0.3, 0.4) is 0 Å². The third-order valence-corrected chi connectivity index (χ3v) is 4.69. The SMILES string of the molecule is CCN(C(=O)c1c(F)cccc1-n1nccn1)[C@@H](C)COc1ccc(C(C)(F)F)cn1. The standard InChI is InChI=1S/C21H22F3N5O2/c1-4-28(14(2)13-31-18-9-8-15(12-25-18)21(3,23)24)20(30)19-16(22)6-5-7-17(19)29-26-10-11-27-29/h5-12,14H,4,13H2,1-3H3/t14-/m0/s1. The van der Waals surface area contributed by atoms with E-state index in [4.69, 9.17) is 4.74 Å². The molecule has 10 heteroatoms. The van der Waals surface area contributed by atoms with E-state index >= 15 is 0 Å². The van der Waals surface area contributed by atoms with Gasteiger partial charge in [0.2, 0.25) is 5.88 Å². The zero-order valence-corrected chi connectivity index (χ0v) is 17.3. The highest BCUT2D eigenvalue weighted by Gasteiger charge is 2.27. The Kier molecular flexibility index (Phi) is 6.57. The smallest absolute Gasteiger partial charge is 0.272 e. The fourth-order valence-electron chi connectivity index (χ4n) is 3.05. The van der Waals surface area contributed by atoms with Crippen molar-refractivity contribution in [3.8, 4) is 11.6 Å². The first-order valence-electron chi connectivity index (χ1n) is 9.65. The summed E-state index contributed by atoms with van der Waals surface area (Å²) in [6, 6.07) is 6.35. The van der Waals surface area contributed by atoms with Crippen molar-refractivity contribution in [3.63, 3.8) is 0 Å². The molecule has 0 saturated heterocycles. The minimum absolute atomic E-state index is 0.0399. The van der Waals surface area contributed by atoms with Gasteiger partial charge >= 0.3 is 0 Å². The number of carbonyl (C=O) groups is 1. The van der Waals surface area contributed by atoms with Crippen LogP contribution in [-0.2, 0) is 5.92 Å². The molecule has 0 bridgehead atoms. The van der Waals surface area contributed by atoms with E-state index in [-0.39, 0.29) is 35.8 Å². The summed E-state index contributed by atoms with van der Waals surface area (Å²) < 4.78 is 46.8. The number of hydrogen-bond acceptors (Lipinski definition) is 5. The molecule has 31 heavy (non-hydrogen) atoms. The van der Waals surface area contributed by atoms with Gasteiger partial charge in [0.25, 0.3) is 11.8 Å². The summed E-state index contributed by atoms with van der Waals surface area (Å²) in [5, 5.41) is 7.97. The van der Waals surface area contributed by atoms with Crippen LogP contribution >= 0.6 is 0 Å². The van der Waals surface area contributed by atoms with Crippen LogP contribution in [0.5, 0.6) is 5.88 Å². The molecule has 0 radical (unpaired) electrons. The second-order valence-electron chi connectivity index (χ2n) is 6.98. The van der Waals surface area contributed by atoms with Crippen LogP contribution in [0.2, 0.25) is 0 Å². The minimum Gasteiger partial charge on any atom is -0.475 e. The first-order valence-corrected chi connectivity index (χ1v) is 9.65. The quantitative estimate of drug-likeness (QED) is 0.540. The lowest BCUT2D eigenvalue weighted by atomic mass is 10.1. The van der Waals surface area contributed by atoms with Crippen molar-refractivity contribution in [3.05, 3.63) is 65.9 Å². The average molecular weight is 433 g/mol. The summed E-state index contributed by atoms with van der Waals surface area (Å²) >= 11 is 0. The number of pyridine rings is 1. The highest BCUT2D eigenvalue weighted by molar-refractivity contribution is 5.98. The summed E-state index contributed by atoms with van der Waals surface area (Å²) in [6.45, 7) is 4.61. The Morgan fingerprint density at radius 2 is 1.94 bits per heavy atom. The van der Waals surface area contributed by atoms with Crippen molar-refractivity contribution >= 4 is 5.91 Å². The van der Waals surface area contributed by atoms with Crippen LogP contribution in [0.25, 0.3) is 5.69 Å². The molecular formula is C21H22F3N5O2. The van der Waals surface area contributed by atoms with E-state index < -0.39 is 23.7 Å². The summed E-state index contributed by atoms with van der Waals surface area (Å²) in [4.78, 5) is 19.7. The molecule has 1 atom stereocenters. The lowest BCUT2D eigenvalue weighted by molar-refractivity contribution is 0.0169. The van der Waals surface area contributed by atoms with Gasteiger partial charge < -0.3 is 9.64 Å². The Morgan fingerprint density at radius 1 is 1.23 bits per heavy atom. The maximum atomic E-state index is 14.6. The van der Waals surface area contributed by atoms with Crippen LogP contribution in [0.1, 0.15) is 36.7 Å². The van der Waals surface area contributed by atoms with E-state index in [2.05, 4.69) is 15.2 Å². The van der Waals surface area contributed by atoms with Gasteiger partial charge in [-0.15, -0.1) is 0 Å². The van der Waals surface area contributed by atoms with E-state index in [0.29, 0.717) is 0 Å². The normalized spacial score (nSPS) is 12.5. The summed E-state index contributed by atoms with van der Waals surface area (Å²) in [5.74, 6) is -4.08. The fraction of sp³-hybridized carbons (Fsp3) is 0.333. The zero-order valence-electron chi connectivity index (χ0n) is 17.3. The molecule has 0 aliphatic heterocycles. The van der Waals surface area contributed by atoms with E-state index in [1.54, 1.807) is 19.9 Å². The molecule has 3 rings (SSSR count). The summed E-state index contributed by atoms with van der Waals surface area (Å²) in [6.07, 6.45) is 3.91. The molecule has 0 aliphatic rings. The topological polar surface area (TPSA) is 73.1 Å². The molecule has 2 heterocycles. The highest BCUT2D eigenvalue weighted by Crippen LogP contribution is 2.27. The maximum absolute atomic E-state index is 14.6. The molecular weight excluding hydrogens is 411 g/mol. The van der Waals surface area contributed by atoms with Gasteiger partial charge in [0, 0.05) is 31.3 Å². The van der Waals surface area contributed by atoms with E-state index in [9.17, 15) is 18.0 Å². The molecule has 0 saturated carbocycles. The number of nitrogens with zero attached hydrogens (tertiary/aromatic N) is 5. The fourth-order valence-corrected chi connectivity index (χ4v) is 3.05. The van der Waals surface area contributed by atoms with Gasteiger partial charge in [-0.25, -0.2) is 18.2 Å². The van der Waals surface area contributed by atoms with Crippen molar-refractivity contribution in [2.45, 2.75) is 32.7 Å². The highest BCUT2D eigenvalue weighted by atomic mass is 19.3. The number of halogens is 3. The molecule has 164 valence electrons. The number of alkyl halides is 2. The van der Waals surface area contributed by atoms with Crippen molar-refractivity contribution in [2.24, 2.45) is 0 Å². The Hall–Kier alpha value is -3.43. The Morgan fingerprint density at radius 3 is 2.52 bits per heavy atom. The first kappa shape index (κ1) is 22.3. The number of aromatic nitrogens is 4. The van der Waals surface area contributed by atoms with Gasteiger partial charge in [-0.05, 0) is 32.0 Å². The van der Waals surface area contributed by atoms with Crippen molar-refractivity contribution in [1.82, 2.24) is 24.9 Å². The van der Waals surface area contributed by atoms with E-state index in [0.717, 1.165) is 13.1 Å². The second-order valence-corrected chi connectivity index (χ2v) is 6.98. The van der Waals surface area contributed by atoms with Gasteiger partial charge in [0.15, 0.2) is 0 Å². The van der Waals surface area contributed by atoms with Gasteiger partial charge in [-0.3, -0.25) is 4.79 Å². The molecule has 0 spiro atoms. The molecule has 3 aromatic rings. The minimum atomic E-state index is -2.99. The third kappa shape index (κ3) is 5.01. The first-order chi connectivity index (χ1) is 14.7. The van der Waals surface area contributed by atoms with Gasteiger partial charge in [0.1, 0.15) is 23.7 Å². The van der Waals surface area contributed by atoms with Gasteiger partial charge in [-0.2, -0.15) is 15.0 Å². The third-order valence-electron chi connectivity index (χ3n) is 4.69. The Bertz CT molecular complexity index is 1020. The lowest BCUT2D eigenvalue weighted by Gasteiger charge is -2.28. The number of hydrogen-bond donors (Lipinski definition) is 0. The van der Waals surface area contributed by atoms with Crippen LogP contribution in [0, 0.1) is 5.82 Å². The number of rotatable bonds is 8. The number of benzene rings is 1. The van der Waals surface area contributed by atoms with E-state index in [1.807, 2.05) is 0 Å². The lowest BCUT2D eigenvalue weighted by Crippen LogP contribution is -2.42. The molecule has 0 fully saturated rings. The Balaban J connectivity index is 1.76. The largest absolute Gasteiger partial charge is 0.475 e. The maximum Gasteiger partial charge on any atom is 0.272 e. The number of ether oxygens (including phenoxy) is 1. The van der Waals surface area contributed by atoms with Crippen LogP contribution in [0.4, 0.5) is 13.2 Å². The molecule has 7 nitrogen and oxygen atoms in total. The average Bonchev–Trinajstić information content (AvgIpc) is 3.27. The number of carbonyl (C=O) groups excluding carboxylic acids is 1. The summed E-state index contributed by atoms with van der Waals surface area (Å²) in [5.41, 5.74) is -0.156. The number of amides is 1. The second kappa shape index (κ2) is 9.15. The van der Waals surface area contributed by atoms with Gasteiger partial charge in [-0.1, -0.05) is 6.07 Å². The molecule has 2 aromatic heterocycles. The predicted molar refractivity (Wildman–Crippen MR) is 107 cm³/mol. The van der Waals surface area contributed by atoms with Crippen molar-refractivity contribution in [1.29, 1.82) is 0 Å². The predicted octanol–water partition coefficient (Wildman–Crippen LogP) is 3.84. The van der Waals surface area contributed by atoms with Crippen LogP contribution in [-0.4, -0.2) is 50.0 Å². The molecule has 0 unspecified atom stereocenters. The van der Waals surface area contributed by atoms with Crippen molar-refractivity contribution in [2.75, 3.05) is 13.2 Å². The zero-order chi connectivity index (χ0) is 22.6. The van der Waals surface area contributed by atoms with Crippen molar-refractivity contribution < 1.29 is 22.7 Å². The molecule has 1 amide bonds.